The van der Waals surface area contributed by atoms with Crippen LogP contribution in [-0.4, -0.2) is 71.8 Å². The maximum Gasteiger partial charge on any atom is 0.148 e. The Hall–Kier alpha value is -0.170. The fraction of sp³-hybridized carbons (Fsp3) is 1.00. The zero-order chi connectivity index (χ0) is 12.7. The lowest BCUT2D eigenvalue weighted by molar-refractivity contribution is 0.185. The number of nitrogens with zero attached hydrogens (tertiary/aromatic N) is 1. The third-order valence-corrected chi connectivity index (χ3v) is 3.90. The second-order valence-electron chi connectivity index (χ2n) is 4.87. The summed E-state index contributed by atoms with van der Waals surface area (Å²) in [6.07, 6.45) is 2.43. The van der Waals surface area contributed by atoms with E-state index < -0.39 is 9.84 Å². The summed E-state index contributed by atoms with van der Waals surface area (Å²) in [5, 5.41) is 3.38. The Morgan fingerprint density at radius 2 is 2.18 bits per heavy atom. The van der Waals surface area contributed by atoms with Gasteiger partial charge in [-0.05, 0) is 19.4 Å². The normalized spacial score (nSPS) is 21.2. The van der Waals surface area contributed by atoms with Crippen molar-refractivity contribution in [1.82, 2.24) is 10.2 Å². The Morgan fingerprint density at radius 3 is 2.76 bits per heavy atom. The molecule has 5 nitrogen and oxygen atoms in total. The van der Waals surface area contributed by atoms with Gasteiger partial charge in [-0.3, -0.25) is 0 Å². The van der Waals surface area contributed by atoms with Crippen molar-refractivity contribution in [2.24, 2.45) is 5.92 Å². The van der Waals surface area contributed by atoms with Crippen LogP contribution in [0.5, 0.6) is 0 Å². The number of sulfone groups is 1. The Balaban J connectivity index is 1.98. The van der Waals surface area contributed by atoms with Crippen molar-refractivity contribution in [2.45, 2.75) is 6.42 Å². The van der Waals surface area contributed by atoms with Gasteiger partial charge < -0.3 is 15.0 Å². The maximum atomic E-state index is 11.0. The van der Waals surface area contributed by atoms with Crippen molar-refractivity contribution < 1.29 is 13.2 Å². The zero-order valence-electron chi connectivity index (χ0n) is 10.8. The molecule has 0 aromatic rings. The predicted molar refractivity (Wildman–Crippen MR) is 69.0 cm³/mol. The Kier molecular flexibility index (Phi) is 6.40. The molecule has 1 N–H and O–H groups in total. The van der Waals surface area contributed by atoms with Gasteiger partial charge in [0.05, 0.1) is 12.4 Å². The third-order valence-electron chi connectivity index (χ3n) is 2.97. The van der Waals surface area contributed by atoms with Crippen LogP contribution in [0, 0.1) is 5.92 Å². The van der Waals surface area contributed by atoms with Gasteiger partial charge in [-0.1, -0.05) is 0 Å². The van der Waals surface area contributed by atoms with Crippen molar-refractivity contribution in [1.29, 1.82) is 0 Å². The van der Waals surface area contributed by atoms with Crippen LogP contribution < -0.4 is 5.32 Å². The summed E-state index contributed by atoms with van der Waals surface area (Å²) in [4.78, 5) is 2.04. The van der Waals surface area contributed by atoms with Crippen molar-refractivity contribution in [3.63, 3.8) is 0 Å². The van der Waals surface area contributed by atoms with Crippen LogP contribution in [0.3, 0.4) is 0 Å². The van der Waals surface area contributed by atoms with E-state index in [1.54, 1.807) is 0 Å². The second kappa shape index (κ2) is 7.31. The number of rotatable bonds is 8. The highest BCUT2D eigenvalue weighted by Gasteiger charge is 2.14. The topological polar surface area (TPSA) is 58.6 Å². The molecule has 1 unspecified atom stereocenters. The lowest BCUT2D eigenvalue weighted by Crippen LogP contribution is -2.34. The van der Waals surface area contributed by atoms with E-state index in [1.165, 1.54) is 6.26 Å². The molecule has 102 valence electrons. The van der Waals surface area contributed by atoms with E-state index in [0.29, 0.717) is 12.5 Å². The molecule has 0 aromatic heterocycles. The highest BCUT2D eigenvalue weighted by molar-refractivity contribution is 7.90. The monoisotopic (exact) mass is 264 g/mol. The van der Waals surface area contributed by atoms with Crippen LogP contribution >= 0.6 is 0 Å². The summed E-state index contributed by atoms with van der Waals surface area (Å²) in [6.45, 7) is 5.14. The van der Waals surface area contributed by atoms with Gasteiger partial charge in [-0.25, -0.2) is 8.42 Å². The maximum absolute atomic E-state index is 11.0. The molecule has 1 saturated heterocycles. The van der Waals surface area contributed by atoms with Gasteiger partial charge in [-0.15, -0.1) is 0 Å². The van der Waals surface area contributed by atoms with Crippen LogP contribution in [0.2, 0.25) is 0 Å². The van der Waals surface area contributed by atoms with Gasteiger partial charge in [0.1, 0.15) is 9.84 Å². The van der Waals surface area contributed by atoms with Crippen molar-refractivity contribution >= 4 is 9.84 Å². The van der Waals surface area contributed by atoms with Crippen molar-refractivity contribution in [3.05, 3.63) is 0 Å². The number of likely N-dealkylation sites (N-methyl/N-ethyl adjacent to an activating group) is 1. The first-order chi connectivity index (χ1) is 7.97. The van der Waals surface area contributed by atoms with E-state index in [4.69, 9.17) is 4.74 Å². The Morgan fingerprint density at radius 1 is 1.41 bits per heavy atom. The SMILES string of the molecule is CN(CCNCC1CCOC1)CCS(C)(=O)=O. The molecular weight excluding hydrogens is 240 g/mol. The van der Waals surface area contributed by atoms with Crippen molar-refractivity contribution in [3.8, 4) is 0 Å². The van der Waals surface area contributed by atoms with Crippen LogP contribution in [0.25, 0.3) is 0 Å². The van der Waals surface area contributed by atoms with Gasteiger partial charge in [0, 0.05) is 39.0 Å². The molecule has 1 aliphatic rings. The Bertz CT molecular complexity index is 300. The first-order valence-electron chi connectivity index (χ1n) is 6.12. The highest BCUT2D eigenvalue weighted by Crippen LogP contribution is 2.10. The van der Waals surface area contributed by atoms with Gasteiger partial charge in [0.25, 0.3) is 0 Å². The molecule has 1 aliphatic heterocycles. The summed E-state index contributed by atoms with van der Waals surface area (Å²) in [5.74, 6) is 0.885. The molecule has 0 bridgehead atoms. The third kappa shape index (κ3) is 7.70. The van der Waals surface area contributed by atoms with E-state index in [2.05, 4.69) is 5.32 Å². The van der Waals surface area contributed by atoms with Crippen LogP contribution in [0.1, 0.15) is 6.42 Å². The fourth-order valence-electron chi connectivity index (χ4n) is 1.75. The van der Waals surface area contributed by atoms with E-state index in [-0.39, 0.29) is 5.75 Å². The minimum Gasteiger partial charge on any atom is -0.381 e. The molecule has 1 heterocycles. The molecule has 0 amide bonds. The Labute approximate surface area is 104 Å². The number of hydrogen-bond donors (Lipinski definition) is 1. The number of nitrogens with one attached hydrogen (secondary N) is 1. The van der Waals surface area contributed by atoms with E-state index in [9.17, 15) is 8.42 Å². The molecular formula is C11H24N2O3S. The van der Waals surface area contributed by atoms with Crippen LogP contribution in [-0.2, 0) is 14.6 Å². The van der Waals surface area contributed by atoms with Crippen LogP contribution in [0.4, 0.5) is 0 Å². The average molecular weight is 264 g/mol. The quantitative estimate of drug-likeness (QED) is 0.604. The first-order valence-corrected chi connectivity index (χ1v) is 8.18. The molecule has 6 heteroatoms. The van der Waals surface area contributed by atoms with Crippen LogP contribution in [0.15, 0.2) is 0 Å². The van der Waals surface area contributed by atoms with Gasteiger partial charge in [-0.2, -0.15) is 0 Å². The molecule has 0 saturated carbocycles. The summed E-state index contributed by atoms with van der Waals surface area (Å²) in [5.41, 5.74) is 0. The molecule has 0 aromatic carbocycles. The zero-order valence-corrected chi connectivity index (χ0v) is 11.6. The highest BCUT2D eigenvalue weighted by atomic mass is 32.2. The molecule has 1 rings (SSSR count). The second-order valence-corrected chi connectivity index (χ2v) is 7.13. The average Bonchev–Trinajstić information content (AvgIpc) is 2.73. The molecule has 1 fully saturated rings. The number of ether oxygens (including phenoxy) is 1. The van der Waals surface area contributed by atoms with Crippen molar-refractivity contribution in [2.75, 3.05) is 58.4 Å². The molecule has 0 spiro atoms. The minimum atomic E-state index is -2.84. The standard InChI is InChI=1S/C11H24N2O3S/c1-13(6-8-17(2,14)15)5-4-12-9-11-3-7-16-10-11/h11-12H,3-10H2,1-2H3. The van der Waals surface area contributed by atoms with Gasteiger partial charge in [0.2, 0.25) is 0 Å². The summed E-state index contributed by atoms with van der Waals surface area (Å²) >= 11 is 0. The van der Waals surface area contributed by atoms with E-state index in [0.717, 1.165) is 39.3 Å². The largest absolute Gasteiger partial charge is 0.381 e. The van der Waals surface area contributed by atoms with E-state index >= 15 is 0 Å². The molecule has 1 atom stereocenters. The predicted octanol–water partition coefficient (Wildman–Crippen LogP) is -0.411. The lowest BCUT2D eigenvalue weighted by atomic mass is 10.1. The summed E-state index contributed by atoms with van der Waals surface area (Å²) < 4.78 is 27.3. The van der Waals surface area contributed by atoms with Gasteiger partial charge >= 0.3 is 0 Å². The minimum absolute atomic E-state index is 0.236. The summed E-state index contributed by atoms with van der Waals surface area (Å²) in [7, 11) is -0.892. The number of hydrogen-bond acceptors (Lipinski definition) is 5. The molecule has 0 radical (unpaired) electrons. The summed E-state index contributed by atoms with van der Waals surface area (Å²) in [6, 6.07) is 0. The first kappa shape index (κ1) is 14.9. The molecule has 17 heavy (non-hydrogen) atoms. The molecule has 0 aliphatic carbocycles. The van der Waals surface area contributed by atoms with E-state index in [1.807, 2.05) is 11.9 Å². The smallest absolute Gasteiger partial charge is 0.148 e. The fourth-order valence-corrected chi connectivity index (χ4v) is 2.40. The lowest BCUT2D eigenvalue weighted by Gasteiger charge is -2.17. The van der Waals surface area contributed by atoms with Gasteiger partial charge in [0.15, 0.2) is 0 Å².